The van der Waals surface area contributed by atoms with Gasteiger partial charge in [-0.25, -0.2) is 0 Å². The van der Waals surface area contributed by atoms with Crippen molar-refractivity contribution in [2.45, 2.75) is 39.2 Å². The molecule has 1 atom stereocenters. The van der Waals surface area contributed by atoms with Gasteiger partial charge in [-0.3, -0.25) is 0 Å². The fourth-order valence-corrected chi connectivity index (χ4v) is 2.16. The van der Waals surface area contributed by atoms with Crippen LogP contribution in [-0.4, -0.2) is 19.8 Å². The molecule has 1 heterocycles. The Morgan fingerprint density at radius 1 is 1.20 bits per heavy atom. The second-order valence-electron chi connectivity index (χ2n) is 5.18. The molecule has 0 radical (unpaired) electrons. The second kappa shape index (κ2) is 8.08. The minimum Gasteiger partial charge on any atom is -0.459 e. The zero-order valence-electron chi connectivity index (χ0n) is 12.5. The molecule has 0 saturated heterocycles. The van der Waals surface area contributed by atoms with Crippen LogP contribution in [-0.2, 0) is 4.74 Å². The molecular formula is C17H25NO2. The Morgan fingerprint density at radius 2 is 2.00 bits per heavy atom. The lowest BCUT2D eigenvalue weighted by molar-refractivity contribution is 0.128. The van der Waals surface area contributed by atoms with Crippen molar-refractivity contribution in [3.8, 4) is 0 Å². The first-order chi connectivity index (χ1) is 9.81. The number of unbranched alkanes of at least 4 members (excludes halogenated alkanes) is 1. The van der Waals surface area contributed by atoms with Gasteiger partial charge in [0.25, 0.3) is 0 Å². The summed E-state index contributed by atoms with van der Waals surface area (Å²) in [4.78, 5) is 0. The molecule has 1 aromatic heterocycles. The van der Waals surface area contributed by atoms with Crippen LogP contribution in [0, 0.1) is 0 Å². The molecule has 1 aromatic carbocycles. The van der Waals surface area contributed by atoms with E-state index in [1.807, 2.05) is 18.2 Å². The molecule has 0 aliphatic heterocycles. The zero-order chi connectivity index (χ0) is 14.2. The highest BCUT2D eigenvalue weighted by Gasteiger charge is 2.10. The van der Waals surface area contributed by atoms with Crippen molar-refractivity contribution in [2.24, 2.45) is 0 Å². The highest BCUT2D eigenvalue weighted by molar-refractivity contribution is 5.77. The highest BCUT2D eigenvalue weighted by Crippen LogP contribution is 2.23. The SMILES string of the molecule is CCCCOCCCNC(C)c1cc2ccccc2o1. The van der Waals surface area contributed by atoms with Gasteiger partial charge >= 0.3 is 0 Å². The van der Waals surface area contributed by atoms with Crippen molar-refractivity contribution in [1.29, 1.82) is 0 Å². The van der Waals surface area contributed by atoms with Crippen molar-refractivity contribution < 1.29 is 9.15 Å². The van der Waals surface area contributed by atoms with Gasteiger partial charge in [-0.15, -0.1) is 0 Å². The van der Waals surface area contributed by atoms with Gasteiger partial charge in [0.2, 0.25) is 0 Å². The lowest BCUT2D eigenvalue weighted by Crippen LogP contribution is -2.20. The summed E-state index contributed by atoms with van der Waals surface area (Å²) in [6, 6.07) is 10.5. The molecule has 3 heteroatoms. The number of hydrogen-bond donors (Lipinski definition) is 1. The lowest BCUT2D eigenvalue weighted by atomic mass is 10.2. The van der Waals surface area contributed by atoms with Gasteiger partial charge in [0, 0.05) is 18.6 Å². The molecule has 0 amide bonds. The van der Waals surface area contributed by atoms with Gasteiger partial charge in [-0.1, -0.05) is 31.5 Å². The number of ether oxygens (including phenoxy) is 1. The highest BCUT2D eigenvalue weighted by atomic mass is 16.5. The van der Waals surface area contributed by atoms with E-state index < -0.39 is 0 Å². The third kappa shape index (κ3) is 4.36. The average molecular weight is 275 g/mol. The van der Waals surface area contributed by atoms with Crippen LogP contribution < -0.4 is 5.32 Å². The number of furan rings is 1. The number of para-hydroxylation sites is 1. The topological polar surface area (TPSA) is 34.4 Å². The van der Waals surface area contributed by atoms with E-state index >= 15 is 0 Å². The molecule has 0 saturated carbocycles. The van der Waals surface area contributed by atoms with E-state index in [0.717, 1.165) is 43.9 Å². The van der Waals surface area contributed by atoms with Crippen LogP contribution in [0.2, 0.25) is 0 Å². The number of hydrogen-bond acceptors (Lipinski definition) is 3. The molecule has 0 aliphatic carbocycles. The second-order valence-corrected chi connectivity index (χ2v) is 5.18. The number of fused-ring (bicyclic) bond motifs is 1. The van der Waals surface area contributed by atoms with Crippen LogP contribution >= 0.6 is 0 Å². The fraction of sp³-hybridized carbons (Fsp3) is 0.529. The van der Waals surface area contributed by atoms with Gasteiger partial charge in [0.1, 0.15) is 11.3 Å². The number of nitrogens with one attached hydrogen (secondary N) is 1. The summed E-state index contributed by atoms with van der Waals surface area (Å²) in [5.41, 5.74) is 0.957. The Labute approximate surface area is 121 Å². The van der Waals surface area contributed by atoms with Crippen molar-refractivity contribution in [2.75, 3.05) is 19.8 Å². The van der Waals surface area contributed by atoms with Crippen LogP contribution in [0.5, 0.6) is 0 Å². The minimum atomic E-state index is 0.234. The Bertz CT molecular complexity index is 473. The Kier molecular flexibility index (Phi) is 6.09. The molecule has 0 spiro atoms. The molecule has 110 valence electrons. The third-order valence-corrected chi connectivity index (χ3v) is 3.43. The standard InChI is InChI=1S/C17H25NO2/c1-3-4-11-19-12-7-10-18-14(2)17-13-15-8-5-6-9-16(15)20-17/h5-6,8-9,13-14,18H,3-4,7,10-12H2,1-2H3. The molecule has 2 aromatic rings. The summed E-state index contributed by atoms with van der Waals surface area (Å²) in [5.74, 6) is 0.998. The predicted molar refractivity (Wildman–Crippen MR) is 83.0 cm³/mol. The van der Waals surface area contributed by atoms with Crippen LogP contribution in [0.3, 0.4) is 0 Å². The maximum absolute atomic E-state index is 5.85. The summed E-state index contributed by atoms with van der Waals surface area (Å²) in [6.45, 7) is 6.98. The van der Waals surface area contributed by atoms with E-state index in [1.54, 1.807) is 0 Å². The third-order valence-electron chi connectivity index (χ3n) is 3.43. The Hall–Kier alpha value is -1.32. The first kappa shape index (κ1) is 15.1. The summed E-state index contributed by atoms with van der Waals surface area (Å²) in [5, 5.41) is 4.64. The smallest absolute Gasteiger partial charge is 0.134 e. The first-order valence-corrected chi connectivity index (χ1v) is 7.61. The molecule has 1 unspecified atom stereocenters. The molecule has 1 N–H and O–H groups in total. The van der Waals surface area contributed by atoms with Crippen molar-refractivity contribution >= 4 is 11.0 Å². The number of benzene rings is 1. The van der Waals surface area contributed by atoms with Gasteiger partial charge in [0.15, 0.2) is 0 Å². The maximum atomic E-state index is 5.85. The normalized spacial score (nSPS) is 12.9. The summed E-state index contributed by atoms with van der Waals surface area (Å²) in [7, 11) is 0. The molecule has 0 bridgehead atoms. The minimum absolute atomic E-state index is 0.234. The predicted octanol–water partition coefficient (Wildman–Crippen LogP) is 4.29. The van der Waals surface area contributed by atoms with Crippen molar-refractivity contribution in [1.82, 2.24) is 5.32 Å². The van der Waals surface area contributed by atoms with E-state index in [0.29, 0.717) is 0 Å². The van der Waals surface area contributed by atoms with E-state index in [4.69, 9.17) is 9.15 Å². The monoisotopic (exact) mass is 275 g/mol. The molecule has 2 rings (SSSR count). The Morgan fingerprint density at radius 3 is 2.80 bits per heavy atom. The Balaban J connectivity index is 1.70. The molecule has 20 heavy (non-hydrogen) atoms. The lowest BCUT2D eigenvalue weighted by Gasteiger charge is -2.11. The van der Waals surface area contributed by atoms with Gasteiger partial charge in [-0.05, 0) is 38.4 Å². The largest absolute Gasteiger partial charge is 0.459 e. The van der Waals surface area contributed by atoms with E-state index in [2.05, 4.69) is 31.3 Å². The maximum Gasteiger partial charge on any atom is 0.134 e. The summed E-state index contributed by atoms with van der Waals surface area (Å²) >= 11 is 0. The van der Waals surface area contributed by atoms with Gasteiger partial charge in [-0.2, -0.15) is 0 Å². The van der Waals surface area contributed by atoms with E-state index in [1.165, 1.54) is 11.8 Å². The molecular weight excluding hydrogens is 250 g/mol. The van der Waals surface area contributed by atoms with E-state index in [9.17, 15) is 0 Å². The molecule has 0 aliphatic rings. The average Bonchev–Trinajstić information content (AvgIpc) is 2.90. The van der Waals surface area contributed by atoms with Crippen LogP contribution in [0.15, 0.2) is 34.7 Å². The fourth-order valence-electron chi connectivity index (χ4n) is 2.16. The van der Waals surface area contributed by atoms with Crippen LogP contribution in [0.4, 0.5) is 0 Å². The first-order valence-electron chi connectivity index (χ1n) is 7.61. The summed E-state index contributed by atoms with van der Waals surface area (Å²) in [6.07, 6.45) is 3.39. The van der Waals surface area contributed by atoms with Gasteiger partial charge in [0.05, 0.1) is 6.04 Å². The molecule has 0 fully saturated rings. The van der Waals surface area contributed by atoms with Gasteiger partial charge < -0.3 is 14.5 Å². The van der Waals surface area contributed by atoms with Crippen molar-refractivity contribution in [3.05, 3.63) is 36.1 Å². The van der Waals surface area contributed by atoms with E-state index in [-0.39, 0.29) is 6.04 Å². The quantitative estimate of drug-likeness (QED) is 0.693. The number of rotatable bonds is 9. The van der Waals surface area contributed by atoms with Crippen molar-refractivity contribution in [3.63, 3.8) is 0 Å². The zero-order valence-corrected chi connectivity index (χ0v) is 12.5. The molecule has 3 nitrogen and oxygen atoms in total. The van der Waals surface area contributed by atoms with Crippen LogP contribution in [0.25, 0.3) is 11.0 Å². The van der Waals surface area contributed by atoms with Crippen LogP contribution in [0.1, 0.15) is 44.9 Å². The summed E-state index contributed by atoms with van der Waals surface area (Å²) < 4.78 is 11.4.